The highest BCUT2D eigenvalue weighted by Gasteiger charge is 2.24. The summed E-state index contributed by atoms with van der Waals surface area (Å²) < 4.78 is 20.3. The summed E-state index contributed by atoms with van der Waals surface area (Å²) in [5.74, 6) is -3.30. The van der Waals surface area contributed by atoms with Crippen LogP contribution in [0.1, 0.15) is 34.1 Å². The lowest BCUT2D eigenvalue weighted by Gasteiger charge is -2.14. The molecule has 0 amide bonds. The first-order chi connectivity index (χ1) is 12.7. The summed E-state index contributed by atoms with van der Waals surface area (Å²) in [4.78, 5) is 48.8. The lowest BCUT2D eigenvalue weighted by Crippen LogP contribution is -2.43. The molecule has 27 heavy (non-hydrogen) atoms. The number of benzene rings is 1. The number of nitrogens with two attached hydrogens (primary N) is 1. The summed E-state index contributed by atoms with van der Waals surface area (Å²) in [6.07, 6.45) is 0.538. The van der Waals surface area contributed by atoms with Crippen LogP contribution in [0.3, 0.4) is 0 Å². The quantitative estimate of drug-likeness (QED) is 0.581. The Kier molecular flexibility index (Phi) is 6.17. The molecule has 0 aliphatic heterocycles. The van der Waals surface area contributed by atoms with E-state index in [1.165, 1.54) is 19.2 Å². The van der Waals surface area contributed by atoms with Gasteiger partial charge in [-0.05, 0) is 18.6 Å². The first-order valence-corrected chi connectivity index (χ1v) is 8.32. The van der Waals surface area contributed by atoms with E-state index in [1.807, 2.05) is 0 Å². The van der Waals surface area contributed by atoms with Crippen molar-refractivity contribution in [3.8, 4) is 0 Å². The van der Waals surface area contributed by atoms with Crippen LogP contribution in [0.4, 0.5) is 10.2 Å². The Morgan fingerprint density at radius 2 is 1.93 bits per heavy atom. The minimum atomic E-state index is -1.16. The predicted octanol–water partition coefficient (Wildman–Crippen LogP) is 1.37. The van der Waals surface area contributed by atoms with E-state index in [0.29, 0.717) is 6.42 Å². The van der Waals surface area contributed by atoms with Gasteiger partial charge in [0.05, 0.1) is 5.02 Å². The molecule has 0 radical (unpaired) electrons. The standard InChI is InChI=1S/C17H17ClFN3O5/c1-3-7-22-14(20)13(15(24)21(2)17(22)26)11(23)8-27-16(25)12-9(18)5-4-6-10(12)19/h4-6H,3,7-8,20H2,1-2H3. The summed E-state index contributed by atoms with van der Waals surface area (Å²) in [7, 11) is 1.21. The fourth-order valence-corrected chi connectivity index (χ4v) is 2.69. The Bertz CT molecular complexity index is 1010. The van der Waals surface area contributed by atoms with Crippen molar-refractivity contribution in [1.82, 2.24) is 9.13 Å². The zero-order chi connectivity index (χ0) is 20.3. The van der Waals surface area contributed by atoms with Crippen LogP contribution in [0.25, 0.3) is 0 Å². The van der Waals surface area contributed by atoms with Gasteiger partial charge in [0.1, 0.15) is 22.8 Å². The molecule has 1 aromatic carbocycles. The van der Waals surface area contributed by atoms with Gasteiger partial charge in [-0.15, -0.1) is 0 Å². The molecule has 0 saturated heterocycles. The van der Waals surface area contributed by atoms with E-state index < -0.39 is 46.6 Å². The zero-order valence-corrected chi connectivity index (χ0v) is 15.4. The first kappa shape index (κ1) is 20.4. The Morgan fingerprint density at radius 3 is 2.52 bits per heavy atom. The lowest BCUT2D eigenvalue weighted by molar-refractivity contribution is 0.0469. The van der Waals surface area contributed by atoms with Crippen molar-refractivity contribution in [1.29, 1.82) is 0 Å². The van der Waals surface area contributed by atoms with E-state index in [4.69, 9.17) is 22.1 Å². The maximum atomic E-state index is 13.7. The van der Waals surface area contributed by atoms with Crippen molar-refractivity contribution in [2.75, 3.05) is 12.3 Å². The maximum Gasteiger partial charge on any atom is 0.343 e. The highest BCUT2D eigenvalue weighted by Crippen LogP contribution is 2.20. The number of Topliss-reactive ketones (excluding diaryl/α,β-unsaturated/α-hetero) is 1. The third-order valence-corrected chi connectivity index (χ3v) is 4.13. The number of carbonyl (C=O) groups excluding carboxylic acids is 2. The number of aromatic nitrogens is 2. The molecular weight excluding hydrogens is 381 g/mol. The number of anilines is 1. The summed E-state index contributed by atoms with van der Waals surface area (Å²) in [6, 6.07) is 3.61. The van der Waals surface area contributed by atoms with Crippen LogP contribution in [0, 0.1) is 5.82 Å². The number of ketones is 1. The van der Waals surface area contributed by atoms with E-state index in [1.54, 1.807) is 6.92 Å². The topological polar surface area (TPSA) is 113 Å². The van der Waals surface area contributed by atoms with E-state index >= 15 is 0 Å². The molecule has 0 aliphatic carbocycles. The van der Waals surface area contributed by atoms with Crippen LogP contribution in [0.15, 0.2) is 27.8 Å². The van der Waals surface area contributed by atoms with Gasteiger partial charge in [0.15, 0.2) is 6.61 Å². The van der Waals surface area contributed by atoms with Crippen molar-refractivity contribution in [3.63, 3.8) is 0 Å². The van der Waals surface area contributed by atoms with Gasteiger partial charge in [-0.1, -0.05) is 24.6 Å². The smallest absolute Gasteiger partial charge is 0.343 e. The molecule has 0 bridgehead atoms. The Balaban J connectivity index is 2.33. The molecule has 10 heteroatoms. The van der Waals surface area contributed by atoms with Gasteiger partial charge < -0.3 is 10.5 Å². The monoisotopic (exact) mass is 397 g/mol. The van der Waals surface area contributed by atoms with Crippen LogP contribution in [0.2, 0.25) is 5.02 Å². The molecule has 0 unspecified atom stereocenters. The molecule has 144 valence electrons. The molecule has 2 aromatic rings. The minimum absolute atomic E-state index is 0.181. The molecule has 8 nitrogen and oxygen atoms in total. The van der Waals surface area contributed by atoms with Gasteiger partial charge in [-0.25, -0.2) is 14.0 Å². The van der Waals surface area contributed by atoms with Crippen LogP contribution < -0.4 is 17.0 Å². The Hall–Kier alpha value is -2.94. The van der Waals surface area contributed by atoms with Crippen LogP contribution in [0.5, 0.6) is 0 Å². The third kappa shape index (κ3) is 3.92. The molecule has 2 rings (SSSR count). The van der Waals surface area contributed by atoms with Gasteiger partial charge >= 0.3 is 11.7 Å². The number of hydrogen-bond donors (Lipinski definition) is 1. The minimum Gasteiger partial charge on any atom is -0.454 e. The fourth-order valence-electron chi connectivity index (χ4n) is 2.45. The average Bonchev–Trinajstić information content (AvgIpc) is 2.62. The second-order valence-electron chi connectivity index (χ2n) is 5.65. The van der Waals surface area contributed by atoms with E-state index in [9.17, 15) is 23.6 Å². The average molecular weight is 398 g/mol. The van der Waals surface area contributed by atoms with Crippen LogP contribution >= 0.6 is 11.6 Å². The van der Waals surface area contributed by atoms with Gasteiger partial charge in [0.2, 0.25) is 5.78 Å². The second-order valence-corrected chi connectivity index (χ2v) is 6.06. The van der Waals surface area contributed by atoms with Crippen molar-refractivity contribution in [3.05, 3.63) is 61.0 Å². The molecule has 0 fully saturated rings. The fraction of sp³-hybridized carbons (Fsp3) is 0.294. The van der Waals surface area contributed by atoms with Crippen molar-refractivity contribution < 1.29 is 18.7 Å². The summed E-state index contributed by atoms with van der Waals surface area (Å²) in [5.41, 5.74) is 3.25. The van der Waals surface area contributed by atoms with Gasteiger partial charge in [0, 0.05) is 13.6 Å². The number of hydrogen-bond acceptors (Lipinski definition) is 6. The lowest BCUT2D eigenvalue weighted by atomic mass is 10.2. The number of ether oxygens (including phenoxy) is 1. The van der Waals surface area contributed by atoms with E-state index in [0.717, 1.165) is 15.2 Å². The SMILES string of the molecule is CCCn1c(N)c(C(=O)COC(=O)c2c(F)cccc2Cl)c(=O)n(C)c1=O. The summed E-state index contributed by atoms with van der Waals surface area (Å²) >= 11 is 5.76. The maximum absolute atomic E-state index is 13.7. The van der Waals surface area contributed by atoms with Crippen LogP contribution in [-0.4, -0.2) is 27.5 Å². The van der Waals surface area contributed by atoms with E-state index in [2.05, 4.69) is 0 Å². The zero-order valence-electron chi connectivity index (χ0n) is 14.6. The molecule has 1 aromatic heterocycles. The van der Waals surface area contributed by atoms with Crippen molar-refractivity contribution in [2.24, 2.45) is 7.05 Å². The van der Waals surface area contributed by atoms with Crippen LogP contribution in [-0.2, 0) is 18.3 Å². The van der Waals surface area contributed by atoms with Gasteiger partial charge in [-0.3, -0.25) is 18.7 Å². The first-order valence-electron chi connectivity index (χ1n) is 7.94. The molecule has 0 atom stereocenters. The number of esters is 1. The molecule has 1 heterocycles. The molecule has 0 saturated carbocycles. The van der Waals surface area contributed by atoms with Crippen molar-refractivity contribution in [2.45, 2.75) is 19.9 Å². The molecule has 0 spiro atoms. The summed E-state index contributed by atoms with van der Waals surface area (Å²) in [6.45, 7) is 1.12. The molecule has 0 aliphatic rings. The Labute approximate surface area is 157 Å². The van der Waals surface area contributed by atoms with Gasteiger partial charge in [0.25, 0.3) is 5.56 Å². The highest BCUT2D eigenvalue weighted by molar-refractivity contribution is 6.33. The normalized spacial score (nSPS) is 10.7. The number of nitrogens with zero attached hydrogens (tertiary/aromatic N) is 2. The number of nitrogen functional groups attached to an aromatic ring is 1. The molecule has 2 N–H and O–H groups in total. The van der Waals surface area contributed by atoms with E-state index in [-0.39, 0.29) is 17.4 Å². The van der Waals surface area contributed by atoms with Crippen molar-refractivity contribution >= 4 is 29.2 Å². The predicted molar refractivity (Wildman–Crippen MR) is 96.7 cm³/mol. The highest BCUT2D eigenvalue weighted by atomic mass is 35.5. The largest absolute Gasteiger partial charge is 0.454 e. The Morgan fingerprint density at radius 1 is 1.26 bits per heavy atom. The number of halogens is 2. The second kappa shape index (κ2) is 8.17. The molecular formula is C17H17ClFN3O5. The number of rotatable bonds is 6. The third-order valence-electron chi connectivity index (χ3n) is 3.81. The number of carbonyl (C=O) groups is 2. The van der Waals surface area contributed by atoms with Gasteiger partial charge in [-0.2, -0.15) is 0 Å². The summed E-state index contributed by atoms with van der Waals surface area (Å²) in [5, 5.41) is -0.181.